The van der Waals surface area contributed by atoms with E-state index in [1.165, 1.54) is 20.8 Å². The zero-order valence-corrected chi connectivity index (χ0v) is 58.1. The van der Waals surface area contributed by atoms with Crippen molar-refractivity contribution in [3.05, 3.63) is 0 Å². The van der Waals surface area contributed by atoms with Gasteiger partial charge in [-0.2, -0.15) is 145 Å². The first-order valence-electron chi connectivity index (χ1n) is 33.8. The highest BCUT2D eigenvalue weighted by atomic mass is 19.5. The lowest BCUT2D eigenvalue weighted by Crippen LogP contribution is -2.77. The normalized spacial score (nSPS) is 42.1. The summed E-state index contributed by atoms with van der Waals surface area (Å²) in [7, 11) is 0. The highest BCUT2D eigenvalue weighted by Crippen LogP contribution is 2.67. The maximum absolute atomic E-state index is 13.2. The van der Waals surface area contributed by atoms with E-state index >= 15 is 0 Å². The van der Waals surface area contributed by atoms with E-state index < -0.39 is 242 Å². The molecule has 0 aliphatic heterocycles. The summed E-state index contributed by atoms with van der Waals surface area (Å²) in [6.07, 6.45) is -53.8. The van der Waals surface area contributed by atoms with Crippen LogP contribution in [0.15, 0.2) is 0 Å². The highest BCUT2D eigenvalue weighted by molar-refractivity contribution is 5.20. The Kier molecular flexibility index (Phi) is 32.1. The Hall–Kier alpha value is -2.87. The fourth-order valence-corrected chi connectivity index (χ4v) is 15.2. The van der Waals surface area contributed by atoms with Gasteiger partial charge in [-0.1, -0.05) is 95.9 Å². The fourth-order valence-electron chi connectivity index (χ4n) is 15.2. The van der Waals surface area contributed by atoms with Crippen molar-refractivity contribution < 1.29 is 183 Å². The van der Waals surface area contributed by atoms with Crippen LogP contribution < -0.4 is 0 Å². The Morgan fingerprint density at radius 1 is 0.286 bits per heavy atom. The minimum Gasteiger partial charge on any atom is -0.244 e. The molecule has 0 aromatic heterocycles. The molecule has 105 heavy (non-hydrogen) atoms. The molecule has 0 aromatic carbocycles. The maximum Gasteiger partial charge on any atom is 0.392 e. The lowest BCUT2D eigenvalue weighted by Gasteiger charge is -2.51. The monoisotopic (exact) mass is 1640 g/mol. The van der Waals surface area contributed by atoms with Gasteiger partial charge in [0.05, 0.1) is 59.2 Å². The Labute approximate surface area is 582 Å². The number of hydrogen-bond acceptors (Lipinski definition) is 0. The summed E-state index contributed by atoms with van der Waals surface area (Å²) in [6.45, 7) is 13.6. The van der Waals surface area contributed by atoms with E-state index in [1.807, 2.05) is 0 Å². The van der Waals surface area contributed by atoms with Gasteiger partial charge in [0, 0.05) is 8.66 Å². The molecule has 7 aliphatic carbocycles. The second-order valence-electron chi connectivity index (χ2n) is 29.7. The first-order valence-corrected chi connectivity index (χ1v) is 32.8. The van der Waals surface area contributed by atoms with Crippen molar-refractivity contribution in [3.8, 4) is 0 Å². The van der Waals surface area contributed by atoms with Gasteiger partial charge in [0.1, 0.15) is 12.3 Å². The van der Waals surface area contributed by atoms with Crippen LogP contribution in [0.2, 0.25) is 0 Å². The molecule has 0 saturated heterocycles. The van der Waals surface area contributed by atoms with Crippen LogP contribution in [0.1, 0.15) is 163 Å². The number of rotatable bonds is 0. The van der Waals surface area contributed by atoms with E-state index in [0.717, 1.165) is 27.2 Å². The lowest BCUT2D eigenvalue weighted by molar-refractivity contribution is -0.431. The van der Waals surface area contributed by atoms with E-state index in [4.69, 9.17) is 2.74 Å². The third-order valence-corrected chi connectivity index (χ3v) is 21.4. The van der Waals surface area contributed by atoms with E-state index in [9.17, 15) is 180 Å². The predicted octanol–water partition coefficient (Wildman–Crippen LogP) is 27.5. The summed E-state index contributed by atoms with van der Waals surface area (Å²) >= 11 is 0. The van der Waals surface area contributed by atoms with Crippen LogP contribution in [0, 0.1) is 124 Å². The second-order valence-corrected chi connectivity index (χ2v) is 29.7. The summed E-state index contributed by atoms with van der Waals surface area (Å²) in [5.74, 6) is -57.0. The van der Waals surface area contributed by atoms with Crippen molar-refractivity contribution in [1.29, 1.82) is 0 Å². The zero-order chi connectivity index (χ0) is 85.6. The van der Waals surface area contributed by atoms with Crippen LogP contribution in [0.3, 0.4) is 0 Å². The van der Waals surface area contributed by atoms with E-state index in [1.54, 1.807) is 27.7 Å². The molecular formula is C64H87F41. The molecular weight excluding hydrogens is 1550 g/mol. The SMILES string of the molecule is CC1C(C(F)(F)F)C(C(F)(F)F)C(C)[C@@H](C)C1C(F)(F)F.CC1C(F)C(F)C(F)C(F)C1F.CC1CC(C(F)(F)F)CC(C(F)(F)F)C1.CC1C[C@H](C)CC(C(F)(F)F)C1C(F)(F)F.C[C@H]1C(F)(F)C(C)(F)C(F)(F)C(F)(F)C1(F)F.[2H][C@@]1(C)C(C)CCCC1C(F)(F)F.[2H][C@]1(C)CC(C)CC(C(F)(F)F)C1. The molecule has 0 radical (unpaired) electrons. The minimum atomic E-state index is -6.19. The summed E-state index contributed by atoms with van der Waals surface area (Å²) in [6, 6.07) is 0. The van der Waals surface area contributed by atoms with Gasteiger partial charge in [0.25, 0.3) is 5.92 Å². The van der Waals surface area contributed by atoms with Crippen LogP contribution >= 0.6 is 0 Å². The summed E-state index contributed by atoms with van der Waals surface area (Å²) in [4.78, 5) is 0. The van der Waals surface area contributed by atoms with Gasteiger partial charge < -0.3 is 0 Å². The van der Waals surface area contributed by atoms with Crippen LogP contribution in [-0.2, 0) is 0 Å². The smallest absolute Gasteiger partial charge is 0.244 e. The molecule has 7 rings (SSSR count). The average Bonchev–Trinajstić information content (AvgIpc) is 0.684. The molecule has 7 aliphatic rings. The highest BCUT2D eigenvalue weighted by Gasteiger charge is 2.91. The standard InChI is InChI=1S/C12H15F9.C10H14F6.C9H12F6.2C9H15F3.C8H7F9.C7H9F5/c1-4-5(2)8(11(16,17)18)9(12(19,20)21)6(3)7(4)10(13,14)15;1-5-3-6(2)8(10(14,15)16)7(4-5)9(11,12)13;1-5-2-6(8(10,11)12)4-7(3-5)9(13,14)15;1-6-3-7(2)5-8(4-6)9(10,11)12;1-6-4-3-5-8(7(6)2)9(10,11)12;1-3-5(10,11)4(2,9)7(14,15)8(16,17)6(3,12)13;1-2-3(8)5(10)7(12)6(11)4(2)9/h4-9H,1-3H3;5-8H,3-4H2,1-2H3;5-7H,2-4H2,1H3;2*6-8H,3-5H2,1-2H3;3H,1-2H3;2-7H,1H3/t4-,5?,6?,7?,8?,9?;5-,6?,7?,8?;;6-,7?,8?;6?,7-,8?;3-,4?;/m10.010./s1/i;;;6D;7D;;. The van der Waals surface area contributed by atoms with Gasteiger partial charge in [0.2, 0.25) is 5.67 Å². The number of halogens is 41. The van der Waals surface area contributed by atoms with Gasteiger partial charge >= 0.3 is 73.4 Å². The van der Waals surface area contributed by atoms with E-state index in [-0.39, 0.29) is 63.2 Å². The van der Waals surface area contributed by atoms with Crippen molar-refractivity contribution in [2.45, 2.75) is 276 Å². The van der Waals surface area contributed by atoms with Gasteiger partial charge in [-0.25, -0.2) is 35.1 Å². The van der Waals surface area contributed by atoms with Gasteiger partial charge in [-0.05, 0) is 124 Å². The molecule has 24 atom stereocenters. The average molecular weight is 1640 g/mol. The molecule has 0 nitrogen and oxygen atoms in total. The zero-order valence-electron chi connectivity index (χ0n) is 60.1. The van der Waals surface area contributed by atoms with Crippen molar-refractivity contribution in [3.63, 3.8) is 0 Å². The van der Waals surface area contributed by atoms with Gasteiger partial charge in [-0.15, -0.1) is 0 Å². The largest absolute Gasteiger partial charge is 0.392 e. The van der Waals surface area contributed by atoms with Crippen LogP contribution in [0.25, 0.3) is 0 Å². The molecule has 0 aromatic rings. The van der Waals surface area contributed by atoms with Crippen molar-refractivity contribution in [1.82, 2.24) is 0 Å². The molecule has 0 amide bonds. The van der Waals surface area contributed by atoms with Crippen molar-refractivity contribution in [2.24, 2.45) is 124 Å². The van der Waals surface area contributed by atoms with Gasteiger partial charge in [0.15, 0.2) is 18.5 Å². The Balaban J connectivity index is 0.000000629. The van der Waals surface area contributed by atoms with Crippen molar-refractivity contribution >= 4 is 0 Å². The molecule has 0 spiro atoms. The Morgan fingerprint density at radius 3 is 0.943 bits per heavy atom. The Morgan fingerprint density at radius 2 is 0.610 bits per heavy atom. The summed E-state index contributed by atoms with van der Waals surface area (Å²) < 4.78 is 535. The Bertz CT molecular complexity index is 2570. The third-order valence-electron chi connectivity index (χ3n) is 21.4. The molecule has 19 unspecified atom stereocenters. The van der Waals surface area contributed by atoms with E-state index in [0.29, 0.717) is 19.8 Å². The molecule has 0 heterocycles. The molecule has 0 bridgehead atoms. The molecule has 7 fully saturated rings. The second kappa shape index (κ2) is 35.0. The topological polar surface area (TPSA) is 0 Å². The first kappa shape index (κ1) is 96.3. The van der Waals surface area contributed by atoms with E-state index in [2.05, 4.69) is 0 Å². The summed E-state index contributed by atoms with van der Waals surface area (Å²) in [5, 5.41) is 0. The number of hydrogen-bond donors (Lipinski definition) is 0. The first-order chi connectivity index (χ1) is 46.8. The van der Waals surface area contributed by atoms with Crippen LogP contribution in [0.4, 0.5) is 180 Å². The lowest BCUT2D eigenvalue weighted by atomic mass is 9.57. The van der Waals surface area contributed by atoms with Crippen LogP contribution in [-0.4, -0.2) is 116 Å². The molecule has 630 valence electrons. The predicted molar refractivity (Wildman–Crippen MR) is 300 cm³/mol. The quantitative estimate of drug-likeness (QED) is 0.212. The molecule has 41 heteroatoms. The molecule has 0 N–H and O–H groups in total. The van der Waals surface area contributed by atoms with Gasteiger partial charge in [-0.3, -0.25) is 0 Å². The third kappa shape index (κ3) is 24.6. The maximum atomic E-state index is 13.2. The minimum absolute atomic E-state index is 0.0166. The fraction of sp³-hybridized carbons (Fsp3) is 1.00. The molecule has 7 saturated carbocycles. The van der Waals surface area contributed by atoms with Crippen LogP contribution in [0.5, 0.6) is 0 Å². The number of alkyl halides is 41. The van der Waals surface area contributed by atoms with Crippen molar-refractivity contribution in [2.75, 3.05) is 0 Å². The summed E-state index contributed by atoms with van der Waals surface area (Å²) in [5.41, 5.74) is -5.06.